The van der Waals surface area contributed by atoms with Crippen LogP contribution in [0.5, 0.6) is 0 Å². The molecule has 1 aliphatic rings. The maximum Gasteiger partial charge on any atom is 0.325 e. The first kappa shape index (κ1) is 13.3. The minimum Gasteiger partial charge on any atom is -0.347 e. The molecule has 0 spiro atoms. The van der Waals surface area contributed by atoms with Gasteiger partial charge >= 0.3 is 6.03 Å². The average Bonchev–Trinajstić information content (AvgIpc) is 2.72. The van der Waals surface area contributed by atoms with Crippen molar-refractivity contribution in [1.82, 2.24) is 9.80 Å². The van der Waals surface area contributed by atoms with Crippen LogP contribution >= 0.6 is 0 Å². The third-order valence-electron chi connectivity index (χ3n) is 3.06. The summed E-state index contributed by atoms with van der Waals surface area (Å²) in [5.41, 5.74) is 0.257. The Morgan fingerprint density at radius 1 is 1.32 bits per heavy atom. The lowest BCUT2D eigenvalue weighted by Gasteiger charge is -2.20. The Balaban J connectivity index is 2.10. The molecule has 0 atom stereocenters. The van der Waals surface area contributed by atoms with E-state index in [-0.39, 0.29) is 24.2 Å². The molecule has 0 aliphatic carbocycles. The number of carbonyl (C=O) groups excluding carboxylic acids is 2. The monoisotopic (exact) mass is 265 g/mol. The van der Waals surface area contributed by atoms with E-state index in [0.29, 0.717) is 13.1 Å². The van der Waals surface area contributed by atoms with E-state index in [9.17, 15) is 14.0 Å². The number of urea groups is 1. The number of hydrogen-bond donors (Lipinski definition) is 0. The van der Waals surface area contributed by atoms with E-state index in [0.717, 1.165) is 0 Å². The molecule has 0 N–H and O–H groups in total. The quantitative estimate of drug-likeness (QED) is 0.823. The van der Waals surface area contributed by atoms with E-state index in [4.69, 9.17) is 0 Å². The molecule has 0 radical (unpaired) electrons. The second kappa shape index (κ2) is 5.26. The predicted molar refractivity (Wildman–Crippen MR) is 69.4 cm³/mol. The first-order chi connectivity index (χ1) is 9.00. The third-order valence-corrected chi connectivity index (χ3v) is 3.06. The number of anilines is 1. The van der Waals surface area contributed by atoms with E-state index in [1.807, 2.05) is 0 Å². The van der Waals surface area contributed by atoms with Gasteiger partial charge in [0, 0.05) is 27.2 Å². The summed E-state index contributed by atoms with van der Waals surface area (Å²) in [7, 11) is 3.27. The lowest BCUT2D eigenvalue weighted by molar-refractivity contribution is -0.129. The lowest BCUT2D eigenvalue weighted by atomic mass is 10.3. The van der Waals surface area contributed by atoms with Crippen molar-refractivity contribution in [2.45, 2.75) is 0 Å². The van der Waals surface area contributed by atoms with Crippen LogP contribution in [0.15, 0.2) is 24.3 Å². The van der Waals surface area contributed by atoms with Crippen LogP contribution < -0.4 is 4.90 Å². The van der Waals surface area contributed by atoms with Gasteiger partial charge in [-0.05, 0) is 12.1 Å². The van der Waals surface area contributed by atoms with Crippen LogP contribution in [0.3, 0.4) is 0 Å². The van der Waals surface area contributed by atoms with E-state index in [2.05, 4.69) is 0 Å². The third kappa shape index (κ3) is 2.67. The second-order valence-electron chi connectivity index (χ2n) is 4.60. The van der Waals surface area contributed by atoms with Crippen LogP contribution in [0, 0.1) is 5.82 Å². The number of likely N-dealkylation sites (N-methyl/N-ethyl adjacent to an activating group) is 1. The largest absolute Gasteiger partial charge is 0.347 e. The summed E-state index contributed by atoms with van der Waals surface area (Å²) in [5, 5.41) is 0. The molecule has 3 amide bonds. The van der Waals surface area contributed by atoms with Crippen molar-refractivity contribution in [3.05, 3.63) is 30.1 Å². The van der Waals surface area contributed by atoms with Gasteiger partial charge in [0.05, 0.1) is 5.69 Å². The fourth-order valence-electron chi connectivity index (χ4n) is 1.93. The van der Waals surface area contributed by atoms with Crippen LogP contribution in [0.1, 0.15) is 0 Å². The van der Waals surface area contributed by atoms with Crippen molar-refractivity contribution in [3.8, 4) is 0 Å². The van der Waals surface area contributed by atoms with Gasteiger partial charge < -0.3 is 9.80 Å². The normalized spacial score (nSPS) is 15.0. The molecular weight excluding hydrogens is 249 g/mol. The van der Waals surface area contributed by atoms with Gasteiger partial charge in [0.1, 0.15) is 12.4 Å². The highest BCUT2D eigenvalue weighted by Gasteiger charge is 2.32. The van der Waals surface area contributed by atoms with E-state index >= 15 is 0 Å². The first-order valence-electron chi connectivity index (χ1n) is 6.02. The molecule has 1 aromatic carbocycles. The highest BCUT2D eigenvalue weighted by molar-refractivity contribution is 5.96. The highest BCUT2D eigenvalue weighted by Crippen LogP contribution is 2.23. The Bertz CT molecular complexity index is 504. The number of para-hydroxylation sites is 1. The van der Waals surface area contributed by atoms with Gasteiger partial charge in [0.2, 0.25) is 5.91 Å². The molecule has 1 fully saturated rings. The minimum atomic E-state index is -0.434. The summed E-state index contributed by atoms with van der Waals surface area (Å²) in [6, 6.07) is 5.80. The molecule has 1 heterocycles. The predicted octanol–water partition coefficient (Wildman–Crippen LogP) is 1.16. The van der Waals surface area contributed by atoms with Gasteiger partial charge in [-0.3, -0.25) is 9.69 Å². The fraction of sp³-hybridized carbons (Fsp3) is 0.385. The number of carbonyl (C=O) groups is 2. The smallest absolute Gasteiger partial charge is 0.325 e. The minimum absolute atomic E-state index is 0.0246. The topological polar surface area (TPSA) is 43.9 Å². The van der Waals surface area contributed by atoms with Crippen LogP contribution in [0.25, 0.3) is 0 Å². The molecule has 1 aliphatic heterocycles. The zero-order valence-electron chi connectivity index (χ0n) is 11.0. The molecule has 0 unspecified atom stereocenters. The number of hydrogen-bond acceptors (Lipinski definition) is 2. The maximum absolute atomic E-state index is 13.6. The Morgan fingerprint density at radius 3 is 2.63 bits per heavy atom. The summed E-state index contributed by atoms with van der Waals surface area (Å²) in [6.45, 7) is 0.837. The Kier molecular flexibility index (Phi) is 3.69. The molecule has 6 heteroatoms. The zero-order valence-corrected chi connectivity index (χ0v) is 11.0. The van der Waals surface area contributed by atoms with Crippen molar-refractivity contribution in [2.24, 2.45) is 0 Å². The van der Waals surface area contributed by atoms with Crippen LogP contribution in [0.2, 0.25) is 0 Å². The van der Waals surface area contributed by atoms with E-state index in [1.54, 1.807) is 32.3 Å². The van der Waals surface area contributed by atoms with Gasteiger partial charge in [-0.25, -0.2) is 9.18 Å². The van der Waals surface area contributed by atoms with Gasteiger partial charge in [0.25, 0.3) is 0 Å². The Labute approximate surface area is 111 Å². The molecule has 0 aromatic heterocycles. The Hall–Kier alpha value is -2.11. The van der Waals surface area contributed by atoms with Gasteiger partial charge in [-0.2, -0.15) is 0 Å². The first-order valence-corrected chi connectivity index (χ1v) is 6.02. The highest BCUT2D eigenvalue weighted by atomic mass is 19.1. The standard InChI is InChI=1S/C13H16FN3O2/c1-15(2)12(18)9-16-7-8-17(13(16)19)11-6-4-3-5-10(11)14/h3-6H,7-9H2,1-2H3. The molecule has 19 heavy (non-hydrogen) atoms. The number of halogens is 1. The summed E-state index contributed by atoms with van der Waals surface area (Å²) in [5.74, 6) is -0.583. The van der Waals surface area contributed by atoms with Crippen LogP contribution in [-0.4, -0.2) is 55.5 Å². The summed E-state index contributed by atoms with van der Waals surface area (Å²) in [6.07, 6.45) is 0. The van der Waals surface area contributed by atoms with Gasteiger partial charge in [0.15, 0.2) is 0 Å². The van der Waals surface area contributed by atoms with Crippen molar-refractivity contribution in [3.63, 3.8) is 0 Å². The average molecular weight is 265 g/mol. The maximum atomic E-state index is 13.6. The summed E-state index contributed by atoms with van der Waals surface area (Å²) < 4.78 is 13.6. The van der Waals surface area contributed by atoms with Crippen molar-refractivity contribution >= 4 is 17.6 Å². The second-order valence-corrected chi connectivity index (χ2v) is 4.60. The van der Waals surface area contributed by atoms with Gasteiger partial charge in [-0.15, -0.1) is 0 Å². The Morgan fingerprint density at radius 2 is 2.00 bits per heavy atom. The number of nitrogens with zero attached hydrogens (tertiary/aromatic N) is 3. The molecule has 1 saturated heterocycles. The fourth-order valence-corrected chi connectivity index (χ4v) is 1.93. The molecule has 2 rings (SSSR count). The van der Waals surface area contributed by atoms with Crippen LogP contribution in [-0.2, 0) is 4.79 Å². The van der Waals surface area contributed by atoms with Crippen LogP contribution in [0.4, 0.5) is 14.9 Å². The summed E-state index contributed by atoms with van der Waals surface area (Å²) in [4.78, 5) is 27.9. The van der Waals surface area contributed by atoms with E-state index in [1.165, 1.54) is 20.8 Å². The molecule has 0 saturated carbocycles. The molecular formula is C13H16FN3O2. The summed E-state index contributed by atoms with van der Waals surface area (Å²) >= 11 is 0. The molecule has 0 bridgehead atoms. The SMILES string of the molecule is CN(C)C(=O)CN1CCN(c2ccccc2F)C1=O. The van der Waals surface area contributed by atoms with Gasteiger partial charge in [-0.1, -0.05) is 12.1 Å². The van der Waals surface area contributed by atoms with Crippen molar-refractivity contribution in [2.75, 3.05) is 38.6 Å². The molecule has 102 valence electrons. The van der Waals surface area contributed by atoms with Crippen molar-refractivity contribution < 1.29 is 14.0 Å². The van der Waals surface area contributed by atoms with Crippen molar-refractivity contribution in [1.29, 1.82) is 0 Å². The molecule has 1 aromatic rings. The lowest BCUT2D eigenvalue weighted by Crippen LogP contribution is -2.39. The number of benzene rings is 1. The number of rotatable bonds is 3. The number of amides is 3. The molecule has 5 nitrogen and oxygen atoms in total. The van der Waals surface area contributed by atoms with E-state index < -0.39 is 5.82 Å². The zero-order chi connectivity index (χ0) is 14.0.